The summed E-state index contributed by atoms with van der Waals surface area (Å²) >= 11 is 1.89. The van der Waals surface area contributed by atoms with E-state index < -0.39 is 4.92 Å². The smallest absolute Gasteiger partial charge is 0.311 e. The number of hydrogen-bond acceptors (Lipinski definition) is 7. The van der Waals surface area contributed by atoms with Crippen molar-refractivity contribution in [3.63, 3.8) is 0 Å². The molecule has 0 atom stereocenters. The summed E-state index contributed by atoms with van der Waals surface area (Å²) in [6.07, 6.45) is 6.39. The van der Waals surface area contributed by atoms with Crippen LogP contribution in [0.5, 0.6) is 0 Å². The molecule has 2 rings (SSSR count). The molecule has 0 radical (unpaired) electrons. The van der Waals surface area contributed by atoms with Crippen molar-refractivity contribution in [2.45, 2.75) is 37.0 Å². The maximum atomic E-state index is 11.0. The van der Waals surface area contributed by atoms with Crippen LogP contribution in [-0.2, 0) is 0 Å². The number of hydrogen-bond donors (Lipinski definition) is 3. The first-order valence-corrected chi connectivity index (χ1v) is 7.84. The molecule has 0 unspecified atom stereocenters. The SMILES string of the molecule is CSC1CCC(Nc2nc(NN)ccc2[N+](=O)[O-])CC1. The van der Waals surface area contributed by atoms with Gasteiger partial charge in [-0.15, -0.1) is 0 Å². The van der Waals surface area contributed by atoms with Crippen LogP contribution in [0.1, 0.15) is 25.7 Å². The molecule has 0 spiro atoms. The van der Waals surface area contributed by atoms with E-state index in [2.05, 4.69) is 22.0 Å². The lowest BCUT2D eigenvalue weighted by Gasteiger charge is -2.28. The van der Waals surface area contributed by atoms with Crippen molar-refractivity contribution < 1.29 is 4.92 Å². The van der Waals surface area contributed by atoms with Crippen LogP contribution >= 0.6 is 11.8 Å². The highest BCUT2D eigenvalue weighted by atomic mass is 32.2. The van der Waals surface area contributed by atoms with Crippen LogP contribution in [0.25, 0.3) is 0 Å². The summed E-state index contributed by atoms with van der Waals surface area (Å²) in [4.78, 5) is 14.8. The summed E-state index contributed by atoms with van der Waals surface area (Å²) in [6.45, 7) is 0. The molecule has 0 amide bonds. The number of nitrogens with zero attached hydrogens (tertiary/aromatic N) is 2. The fourth-order valence-electron chi connectivity index (χ4n) is 2.42. The molecule has 110 valence electrons. The van der Waals surface area contributed by atoms with Gasteiger partial charge in [0.2, 0.25) is 5.82 Å². The normalized spacial score (nSPS) is 22.3. The molecular formula is C12H19N5O2S. The largest absolute Gasteiger partial charge is 0.362 e. The predicted molar refractivity (Wildman–Crippen MR) is 81.9 cm³/mol. The Morgan fingerprint density at radius 2 is 2.10 bits per heavy atom. The molecule has 1 heterocycles. The van der Waals surface area contributed by atoms with E-state index in [1.54, 1.807) is 0 Å². The van der Waals surface area contributed by atoms with Crippen LogP contribution in [0.15, 0.2) is 12.1 Å². The Kier molecular flexibility index (Phi) is 5.02. The summed E-state index contributed by atoms with van der Waals surface area (Å²) in [7, 11) is 0. The van der Waals surface area contributed by atoms with E-state index in [0.717, 1.165) is 25.7 Å². The van der Waals surface area contributed by atoms with Gasteiger partial charge < -0.3 is 10.7 Å². The number of nitrogen functional groups attached to an aromatic ring is 1. The van der Waals surface area contributed by atoms with Crippen molar-refractivity contribution in [3.05, 3.63) is 22.2 Å². The van der Waals surface area contributed by atoms with E-state index >= 15 is 0 Å². The molecule has 20 heavy (non-hydrogen) atoms. The highest BCUT2D eigenvalue weighted by Gasteiger charge is 2.24. The van der Waals surface area contributed by atoms with Gasteiger partial charge in [0.1, 0.15) is 5.82 Å². The highest BCUT2D eigenvalue weighted by Crippen LogP contribution is 2.31. The third kappa shape index (κ3) is 3.51. The minimum Gasteiger partial charge on any atom is -0.362 e. The molecule has 1 fully saturated rings. The van der Waals surface area contributed by atoms with Crippen molar-refractivity contribution in [2.24, 2.45) is 5.84 Å². The van der Waals surface area contributed by atoms with Crippen LogP contribution in [0.4, 0.5) is 17.3 Å². The van der Waals surface area contributed by atoms with Gasteiger partial charge in [0.05, 0.1) is 4.92 Å². The summed E-state index contributed by atoms with van der Waals surface area (Å²) in [5, 5.41) is 14.9. The second kappa shape index (κ2) is 6.76. The van der Waals surface area contributed by atoms with Crippen LogP contribution in [0.2, 0.25) is 0 Å². The Hall–Kier alpha value is -1.54. The van der Waals surface area contributed by atoms with E-state index in [1.807, 2.05) is 11.8 Å². The number of thioether (sulfide) groups is 1. The zero-order valence-corrected chi connectivity index (χ0v) is 12.2. The first kappa shape index (κ1) is 14.9. The standard InChI is InChI=1S/C12H19N5O2S/c1-20-9-4-2-8(3-5-9)14-12-10(17(18)19)6-7-11(15-12)16-13/h6-9H,2-5,13H2,1H3,(H2,14,15,16). The van der Waals surface area contributed by atoms with Crippen molar-refractivity contribution in [1.82, 2.24) is 4.98 Å². The van der Waals surface area contributed by atoms with Crippen LogP contribution in [0.3, 0.4) is 0 Å². The van der Waals surface area contributed by atoms with Gasteiger partial charge in [-0.2, -0.15) is 11.8 Å². The first-order valence-electron chi connectivity index (χ1n) is 6.55. The Morgan fingerprint density at radius 1 is 1.40 bits per heavy atom. The van der Waals surface area contributed by atoms with E-state index in [-0.39, 0.29) is 17.5 Å². The molecule has 1 aliphatic carbocycles. The third-order valence-electron chi connectivity index (χ3n) is 3.57. The van der Waals surface area contributed by atoms with Gasteiger partial charge >= 0.3 is 5.69 Å². The highest BCUT2D eigenvalue weighted by molar-refractivity contribution is 7.99. The van der Waals surface area contributed by atoms with Gasteiger partial charge in [0.15, 0.2) is 0 Å². The number of nitrogens with two attached hydrogens (primary N) is 1. The van der Waals surface area contributed by atoms with Crippen LogP contribution in [0, 0.1) is 10.1 Å². The number of aromatic nitrogens is 1. The fraction of sp³-hybridized carbons (Fsp3) is 0.583. The Labute approximate surface area is 121 Å². The second-order valence-corrected chi connectivity index (χ2v) is 5.96. The molecule has 4 N–H and O–H groups in total. The minimum atomic E-state index is -0.427. The molecule has 1 saturated carbocycles. The summed E-state index contributed by atoms with van der Waals surface area (Å²) < 4.78 is 0. The number of hydrazine groups is 1. The zero-order chi connectivity index (χ0) is 14.5. The van der Waals surface area contributed by atoms with E-state index in [0.29, 0.717) is 11.1 Å². The average Bonchev–Trinajstić information content (AvgIpc) is 2.47. The van der Waals surface area contributed by atoms with Crippen molar-refractivity contribution in [2.75, 3.05) is 17.0 Å². The van der Waals surface area contributed by atoms with Crippen molar-refractivity contribution in [1.29, 1.82) is 0 Å². The Bertz CT molecular complexity index is 477. The number of anilines is 2. The number of nitro groups is 1. The summed E-state index contributed by atoms with van der Waals surface area (Å²) in [5.41, 5.74) is 2.39. The van der Waals surface area contributed by atoms with Crippen LogP contribution < -0.4 is 16.6 Å². The number of nitrogens with one attached hydrogen (secondary N) is 2. The molecule has 0 aromatic carbocycles. The first-order chi connectivity index (χ1) is 9.63. The summed E-state index contributed by atoms with van der Waals surface area (Å²) in [6, 6.07) is 3.14. The molecular weight excluding hydrogens is 278 g/mol. The fourth-order valence-corrected chi connectivity index (χ4v) is 3.17. The lowest BCUT2D eigenvalue weighted by molar-refractivity contribution is -0.384. The van der Waals surface area contributed by atoms with Gasteiger partial charge in [-0.05, 0) is 38.0 Å². The van der Waals surface area contributed by atoms with Gasteiger partial charge in [-0.1, -0.05) is 0 Å². The molecule has 1 aromatic rings. The molecule has 0 aliphatic heterocycles. The molecule has 8 heteroatoms. The van der Waals surface area contributed by atoms with Crippen molar-refractivity contribution >= 4 is 29.1 Å². The number of pyridine rings is 1. The zero-order valence-electron chi connectivity index (χ0n) is 11.3. The minimum absolute atomic E-state index is 0.0176. The monoisotopic (exact) mass is 297 g/mol. The van der Waals surface area contributed by atoms with Gasteiger partial charge in [-0.25, -0.2) is 10.8 Å². The van der Waals surface area contributed by atoms with Crippen molar-refractivity contribution in [3.8, 4) is 0 Å². The topological polar surface area (TPSA) is 106 Å². The molecule has 0 bridgehead atoms. The average molecular weight is 297 g/mol. The molecule has 1 aliphatic rings. The van der Waals surface area contributed by atoms with E-state index in [4.69, 9.17) is 5.84 Å². The van der Waals surface area contributed by atoms with Gasteiger partial charge in [0.25, 0.3) is 0 Å². The maximum Gasteiger partial charge on any atom is 0.311 e. The van der Waals surface area contributed by atoms with E-state index in [9.17, 15) is 10.1 Å². The Balaban J connectivity index is 2.09. The van der Waals surface area contributed by atoms with E-state index in [1.165, 1.54) is 12.1 Å². The summed E-state index contributed by atoms with van der Waals surface area (Å²) in [5.74, 6) is 6.00. The molecule has 7 nitrogen and oxygen atoms in total. The third-order valence-corrected chi connectivity index (χ3v) is 4.70. The predicted octanol–water partition coefficient (Wildman–Crippen LogP) is 2.36. The van der Waals surface area contributed by atoms with Gasteiger partial charge in [0, 0.05) is 17.4 Å². The second-order valence-electron chi connectivity index (χ2n) is 4.82. The lowest BCUT2D eigenvalue weighted by Crippen LogP contribution is -2.28. The lowest BCUT2D eigenvalue weighted by atomic mass is 9.95. The molecule has 1 aromatic heterocycles. The number of rotatable bonds is 5. The van der Waals surface area contributed by atoms with Gasteiger partial charge in [-0.3, -0.25) is 10.1 Å². The maximum absolute atomic E-state index is 11.0. The quantitative estimate of drug-likeness (QED) is 0.435. The Morgan fingerprint density at radius 3 is 2.65 bits per heavy atom. The van der Waals surface area contributed by atoms with Crippen LogP contribution in [-0.4, -0.2) is 27.5 Å². The molecule has 0 saturated heterocycles.